The molecule has 0 N–H and O–H groups in total. The minimum absolute atomic E-state index is 0.266. The average Bonchev–Trinajstić information content (AvgIpc) is 2.29. The number of nitrogens with zero attached hydrogens (tertiary/aromatic N) is 1. The zero-order chi connectivity index (χ0) is 12.4. The Kier molecular flexibility index (Phi) is 3.79. The molecule has 0 aliphatic heterocycles. The summed E-state index contributed by atoms with van der Waals surface area (Å²) in [5, 5.41) is 0.463. The van der Waals surface area contributed by atoms with E-state index in [1.54, 1.807) is 12.3 Å². The van der Waals surface area contributed by atoms with E-state index in [4.69, 9.17) is 11.6 Å². The predicted octanol–water partition coefficient (Wildman–Crippen LogP) is 4.87. The summed E-state index contributed by atoms with van der Waals surface area (Å²) in [5.74, 6) is -0.266. The number of aromatic nitrogens is 1. The highest BCUT2D eigenvalue weighted by Gasteiger charge is 2.09. The number of hydrogen-bond acceptors (Lipinski definition) is 1. The lowest BCUT2D eigenvalue weighted by molar-refractivity contribution is 0.613. The van der Waals surface area contributed by atoms with Crippen molar-refractivity contribution in [2.45, 2.75) is 13.3 Å². The third kappa shape index (κ3) is 2.67. The molecule has 0 aliphatic rings. The summed E-state index contributed by atoms with van der Waals surface area (Å²) in [5.41, 5.74) is 2.14. The van der Waals surface area contributed by atoms with Gasteiger partial charge >= 0.3 is 0 Å². The standard InChI is InChI=1S/C13H10BrClFN/c1-2-10-11(15)5-9(6-12(10)16)8-3-4-13(14)17-7-8/h3-7H,2H2,1H3. The quantitative estimate of drug-likeness (QED) is 0.721. The lowest BCUT2D eigenvalue weighted by atomic mass is 10.0. The van der Waals surface area contributed by atoms with Crippen LogP contribution in [0.2, 0.25) is 5.02 Å². The van der Waals surface area contributed by atoms with Gasteiger partial charge in [-0.15, -0.1) is 0 Å². The van der Waals surface area contributed by atoms with Crippen LogP contribution in [0.15, 0.2) is 35.1 Å². The molecule has 1 heterocycles. The first kappa shape index (κ1) is 12.5. The molecule has 0 radical (unpaired) electrons. The van der Waals surface area contributed by atoms with Crippen molar-refractivity contribution in [1.82, 2.24) is 4.98 Å². The van der Waals surface area contributed by atoms with E-state index in [2.05, 4.69) is 20.9 Å². The fraction of sp³-hybridized carbons (Fsp3) is 0.154. The van der Waals surface area contributed by atoms with Gasteiger partial charge in [0, 0.05) is 22.3 Å². The van der Waals surface area contributed by atoms with Crippen molar-refractivity contribution in [3.63, 3.8) is 0 Å². The topological polar surface area (TPSA) is 12.9 Å². The molecule has 0 saturated heterocycles. The van der Waals surface area contributed by atoms with Crippen LogP contribution in [0.25, 0.3) is 11.1 Å². The zero-order valence-electron chi connectivity index (χ0n) is 9.17. The summed E-state index contributed by atoms with van der Waals surface area (Å²) >= 11 is 9.30. The monoisotopic (exact) mass is 313 g/mol. The molecule has 17 heavy (non-hydrogen) atoms. The second-order valence-corrected chi connectivity index (χ2v) is 4.86. The summed E-state index contributed by atoms with van der Waals surface area (Å²) in [6, 6.07) is 6.95. The van der Waals surface area contributed by atoms with Crippen molar-refractivity contribution in [2.24, 2.45) is 0 Å². The van der Waals surface area contributed by atoms with Crippen molar-refractivity contribution in [2.75, 3.05) is 0 Å². The van der Waals surface area contributed by atoms with Crippen molar-refractivity contribution in [3.05, 3.63) is 51.5 Å². The van der Waals surface area contributed by atoms with Crippen molar-refractivity contribution >= 4 is 27.5 Å². The lowest BCUT2D eigenvalue weighted by Crippen LogP contribution is -1.91. The molecule has 0 saturated carbocycles. The molecule has 1 aromatic carbocycles. The third-order valence-electron chi connectivity index (χ3n) is 2.56. The van der Waals surface area contributed by atoms with E-state index in [0.29, 0.717) is 17.0 Å². The maximum atomic E-state index is 13.8. The molecule has 2 aromatic rings. The molecular formula is C13H10BrClFN. The highest BCUT2D eigenvalue weighted by atomic mass is 79.9. The fourth-order valence-electron chi connectivity index (χ4n) is 1.65. The Morgan fingerprint density at radius 1 is 1.29 bits per heavy atom. The molecule has 2 rings (SSSR count). The smallest absolute Gasteiger partial charge is 0.128 e. The molecule has 0 unspecified atom stereocenters. The van der Waals surface area contributed by atoms with Gasteiger partial charge in [-0.25, -0.2) is 9.37 Å². The third-order valence-corrected chi connectivity index (χ3v) is 3.36. The second kappa shape index (κ2) is 5.15. The second-order valence-electron chi connectivity index (χ2n) is 3.64. The summed E-state index contributed by atoms with van der Waals surface area (Å²) in [6.07, 6.45) is 2.27. The summed E-state index contributed by atoms with van der Waals surface area (Å²) < 4.78 is 14.5. The van der Waals surface area contributed by atoms with Gasteiger partial charge in [-0.2, -0.15) is 0 Å². The maximum Gasteiger partial charge on any atom is 0.128 e. The first-order valence-electron chi connectivity index (χ1n) is 5.21. The van der Waals surface area contributed by atoms with E-state index in [9.17, 15) is 4.39 Å². The Hall–Kier alpha value is -0.930. The zero-order valence-corrected chi connectivity index (χ0v) is 11.5. The number of pyridine rings is 1. The van der Waals surface area contributed by atoms with Gasteiger partial charge in [0.25, 0.3) is 0 Å². The largest absolute Gasteiger partial charge is 0.249 e. The van der Waals surface area contributed by atoms with E-state index in [1.807, 2.05) is 19.1 Å². The number of halogens is 3. The van der Waals surface area contributed by atoms with Crippen LogP contribution in [-0.2, 0) is 6.42 Å². The Bertz CT molecular complexity index is 517. The van der Waals surface area contributed by atoms with Gasteiger partial charge in [0.05, 0.1) is 0 Å². The van der Waals surface area contributed by atoms with Gasteiger partial charge in [0.2, 0.25) is 0 Å². The minimum atomic E-state index is -0.266. The van der Waals surface area contributed by atoms with E-state index in [-0.39, 0.29) is 5.82 Å². The maximum absolute atomic E-state index is 13.8. The lowest BCUT2D eigenvalue weighted by Gasteiger charge is -2.07. The van der Waals surface area contributed by atoms with Crippen LogP contribution in [0.1, 0.15) is 12.5 Å². The molecular weight excluding hydrogens is 305 g/mol. The Morgan fingerprint density at radius 3 is 2.59 bits per heavy atom. The van der Waals surface area contributed by atoms with E-state index >= 15 is 0 Å². The van der Waals surface area contributed by atoms with Crippen molar-refractivity contribution in [3.8, 4) is 11.1 Å². The summed E-state index contributed by atoms with van der Waals surface area (Å²) in [4.78, 5) is 4.11. The molecule has 0 atom stereocenters. The van der Waals surface area contributed by atoms with Crippen LogP contribution in [0.5, 0.6) is 0 Å². The normalized spacial score (nSPS) is 10.6. The highest BCUT2D eigenvalue weighted by Crippen LogP contribution is 2.28. The molecule has 0 aliphatic carbocycles. The first-order chi connectivity index (χ1) is 8.11. The number of rotatable bonds is 2. The van der Waals surface area contributed by atoms with Crippen molar-refractivity contribution in [1.29, 1.82) is 0 Å². The van der Waals surface area contributed by atoms with Crippen LogP contribution in [0.4, 0.5) is 4.39 Å². The van der Waals surface area contributed by atoms with Crippen LogP contribution >= 0.6 is 27.5 Å². The summed E-state index contributed by atoms with van der Waals surface area (Å²) in [7, 11) is 0. The van der Waals surface area contributed by atoms with Crippen LogP contribution in [0, 0.1) is 5.82 Å². The van der Waals surface area contributed by atoms with E-state index in [1.165, 1.54) is 6.07 Å². The molecule has 4 heteroatoms. The minimum Gasteiger partial charge on any atom is -0.249 e. The van der Waals surface area contributed by atoms with Crippen molar-refractivity contribution < 1.29 is 4.39 Å². The van der Waals surface area contributed by atoms with E-state index in [0.717, 1.165) is 15.7 Å². The highest BCUT2D eigenvalue weighted by molar-refractivity contribution is 9.10. The average molecular weight is 315 g/mol. The summed E-state index contributed by atoms with van der Waals surface area (Å²) in [6.45, 7) is 1.88. The van der Waals surface area contributed by atoms with E-state index < -0.39 is 0 Å². The van der Waals surface area contributed by atoms with Crippen LogP contribution in [0.3, 0.4) is 0 Å². The number of benzene rings is 1. The Morgan fingerprint density at radius 2 is 2.06 bits per heavy atom. The van der Waals surface area contributed by atoms with Gasteiger partial charge in [0.1, 0.15) is 10.4 Å². The molecule has 1 aromatic heterocycles. The Balaban J connectivity index is 2.50. The predicted molar refractivity (Wildman–Crippen MR) is 71.7 cm³/mol. The molecule has 1 nitrogen and oxygen atoms in total. The van der Waals surface area contributed by atoms with Gasteiger partial charge < -0.3 is 0 Å². The molecule has 0 amide bonds. The Labute approximate surface area is 113 Å². The van der Waals surface area contributed by atoms with Crippen LogP contribution < -0.4 is 0 Å². The van der Waals surface area contributed by atoms with Gasteiger partial charge in [0.15, 0.2) is 0 Å². The fourth-order valence-corrected chi connectivity index (χ4v) is 2.23. The first-order valence-corrected chi connectivity index (χ1v) is 6.38. The molecule has 88 valence electrons. The molecule has 0 spiro atoms. The van der Waals surface area contributed by atoms with Gasteiger partial charge in [-0.1, -0.05) is 24.6 Å². The van der Waals surface area contributed by atoms with Gasteiger partial charge in [-0.3, -0.25) is 0 Å². The SMILES string of the molecule is CCc1c(F)cc(-c2ccc(Br)nc2)cc1Cl. The molecule has 0 bridgehead atoms. The van der Waals surface area contributed by atoms with Gasteiger partial charge in [-0.05, 0) is 46.1 Å². The van der Waals surface area contributed by atoms with Crippen LogP contribution in [-0.4, -0.2) is 4.98 Å². The number of hydrogen-bond donors (Lipinski definition) is 0. The molecule has 0 fully saturated rings.